The Kier molecular flexibility index (Phi) is 8.57. The molecule has 3 heterocycles. The lowest BCUT2D eigenvalue weighted by Gasteiger charge is -2.31. The van der Waals surface area contributed by atoms with Crippen molar-refractivity contribution in [3.63, 3.8) is 0 Å². The standard InChI is InChI=1S/C25H33N5O4S/c1-4-32-19-8-9-22(33-5-2)21(15-19)26-23(31)17-35-25-28-27-24(29-12-10-18(3)11-13-29)30(25)16-20-7-6-14-34-20/h6-9,14-15,18H,4-5,10-13,16-17H2,1-3H3,(H,26,31). The van der Waals surface area contributed by atoms with Crippen LogP contribution in [-0.2, 0) is 11.3 Å². The topological polar surface area (TPSA) is 94.6 Å². The normalized spacial score (nSPS) is 14.2. The van der Waals surface area contributed by atoms with Gasteiger partial charge in [0.1, 0.15) is 17.3 Å². The second-order valence-electron chi connectivity index (χ2n) is 8.48. The van der Waals surface area contributed by atoms with E-state index >= 15 is 0 Å². The first kappa shape index (κ1) is 25.0. The number of ether oxygens (including phenoxy) is 2. The van der Waals surface area contributed by atoms with Crippen molar-refractivity contribution in [2.45, 2.75) is 45.3 Å². The zero-order valence-electron chi connectivity index (χ0n) is 20.5. The maximum Gasteiger partial charge on any atom is 0.234 e. The molecule has 0 spiro atoms. The van der Waals surface area contributed by atoms with Crippen molar-refractivity contribution in [3.05, 3.63) is 42.4 Å². The van der Waals surface area contributed by atoms with Crippen molar-refractivity contribution in [2.24, 2.45) is 5.92 Å². The molecule has 1 fully saturated rings. The highest BCUT2D eigenvalue weighted by molar-refractivity contribution is 7.99. The molecule has 1 aliphatic rings. The van der Waals surface area contributed by atoms with Gasteiger partial charge in [0, 0.05) is 19.2 Å². The molecule has 0 aliphatic carbocycles. The van der Waals surface area contributed by atoms with Crippen LogP contribution in [0.15, 0.2) is 46.2 Å². The molecule has 1 amide bonds. The van der Waals surface area contributed by atoms with Gasteiger partial charge in [-0.3, -0.25) is 9.36 Å². The molecular formula is C25H33N5O4S. The van der Waals surface area contributed by atoms with Gasteiger partial charge in [-0.1, -0.05) is 18.7 Å². The fraction of sp³-hybridized carbons (Fsp3) is 0.480. The Morgan fingerprint density at radius 3 is 2.69 bits per heavy atom. The molecule has 0 atom stereocenters. The third kappa shape index (κ3) is 6.50. The van der Waals surface area contributed by atoms with Gasteiger partial charge in [0.25, 0.3) is 0 Å². The van der Waals surface area contributed by atoms with E-state index in [4.69, 9.17) is 13.9 Å². The number of piperidine rings is 1. The minimum absolute atomic E-state index is 0.162. The van der Waals surface area contributed by atoms with Gasteiger partial charge in [0.05, 0.1) is 37.5 Å². The maximum atomic E-state index is 12.9. The summed E-state index contributed by atoms with van der Waals surface area (Å²) < 4.78 is 18.9. The highest BCUT2D eigenvalue weighted by Gasteiger charge is 2.24. The summed E-state index contributed by atoms with van der Waals surface area (Å²) >= 11 is 1.35. The van der Waals surface area contributed by atoms with E-state index in [0.29, 0.717) is 48.0 Å². The Labute approximate surface area is 210 Å². The minimum Gasteiger partial charge on any atom is -0.494 e. The highest BCUT2D eigenvalue weighted by Crippen LogP contribution is 2.31. The van der Waals surface area contributed by atoms with Gasteiger partial charge in [-0.05, 0) is 56.9 Å². The van der Waals surface area contributed by atoms with Crippen molar-refractivity contribution in [2.75, 3.05) is 42.3 Å². The summed E-state index contributed by atoms with van der Waals surface area (Å²) in [5.74, 6) is 3.65. The predicted octanol–water partition coefficient (Wildman–Crippen LogP) is 4.68. The molecule has 3 aromatic rings. The lowest BCUT2D eigenvalue weighted by molar-refractivity contribution is -0.113. The van der Waals surface area contributed by atoms with Crippen LogP contribution < -0.4 is 19.7 Å². The number of rotatable bonds is 11. The van der Waals surface area contributed by atoms with Crippen LogP contribution in [0, 0.1) is 5.92 Å². The van der Waals surface area contributed by atoms with Gasteiger partial charge >= 0.3 is 0 Å². The van der Waals surface area contributed by atoms with Crippen LogP contribution >= 0.6 is 11.8 Å². The molecule has 0 unspecified atom stereocenters. The predicted molar refractivity (Wildman–Crippen MR) is 137 cm³/mol. The molecule has 1 aliphatic heterocycles. The molecule has 188 valence electrons. The number of amides is 1. The number of furan rings is 1. The van der Waals surface area contributed by atoms with E-state index in [9.17, 15) is 4.79 Å². The smallest absolute Gasteiger partial charge is 0.234 e. The third-order valence-electron chi connectivity index (χ3n) is 5.83. The first-order valence-electron chi connectivity index (χ1n) is 12.1. The van der Waals surface area contributed by atoms with Crippen LogP contribution in [0.5, 0.6) is 11.5 Å². The van der Waals surface area contributed by atoms with Gasteiger partial charge in [-0.15, -0.1) is 10.2 Å². The number of aromatic nitrogens is 3. The van der Waals surface area contributed by atoms with Crippen LogP contribution in [0.3, 0.4) is 0 Å². The number of anilines is 2. The van der Waals surface area contributed by atoms with Crippen molar-refractivity contribution in [3.8, 4) is 11.5 Å². The van der Waals surface area contributed by atoms with Gasteiger partial charge in [0.15, 0.2) is 5.16 Å². The summed E-state index contributed by atoms with van der Waals surface area (Å²) in [5, 5.41) is 12.5. The van der Waals surface area contributed by atoms with Crippen LogP contribution in [0.25, 0.3) is 0 Å². The first-order valence-corrected chi connectivity index (χ1v) is 13.1. The zero-order chi connectivity index (χ0) is 24.6. The lowest BCUT2D eigenvalue weighted by atomic mass is 10.00. The second kappa shape index (κ2) is 12.0. The fourth-order valence-electron chi connectivity index (χ4n) is 3.99. The summed E-state index contributed by atoms with van der Waals surface area (Å²) in [6.45, 7) is 9.55. The molecule has 0 bridgehead atoms. The molecule has 1 aromatic carbocycles. The molecule has 1 saturated heterocycles. The maximum absolute atomic E-state index is 12.9. The average Bonchev–Trinajstić information content (AvgIpc) is 3.51. The van der Waals surface area contributed by atoms with E-state index < -0.39 is 0 Å². The van der Waals surface area contributed by atoms with E-state index in [1.54, 1.807) is 12.3 Å². The molecule has 2 aromatic heterocycles. The number of hydrogen-bond acceptors (Lipinski definition) is 8. The molecule has 0 saturated carbocycles. The monoisotopic (exact) mass is 499 g/mol. The van der Waals surface area contributed by atoms with Crippen molar-refractivity contribution < 1.29 is 18.7 Å². The van der Waals surface area contributed by atoms with Gasteiger partial charge in [0.2, 0.25) is 11.9 Å². The summed E-state index contributed by atoms with van der Waals surface area (Å²) in [7, 11) is 0. The molecular weight excluding hydrogens is 466 g/mol. The fourth-order valence-corrected chi connectivity index (χ4v) is 4.72. The number of nitrogens with one attached hydrogen (secondary N) is 1. The van der Waals surface area contributed by atoms with Crippen molar-refractivity contribution >= 4 is 29.3 Å². The van der Waals surface area contributed by atoms with Crippen LogP contribution in [-0.4, -0.2) is 52.7 Å². The van der Waals surface area contributed by atoms with E-state index in [0.717, 1.165) is 37.6 Å². The number of carbonyl (C=O) groups is 1. The summed E-state index contributed by atoms with van der Waals surface area (Å²) in [4.78, 5) is 15.1. The molecule has 1 N–H and O–H groups in total. The average molecular weight is 500 g/mol. The van der Waals surface area contributed by atoms with Crippen LogP contribution in [0.2, 0.25) is 0 Å². The summed E-state index contributed by atoms with van der Waals surface area (Å²) in [6, 6.07) is 9.23. The Morgan fingerprint density at radius 1 is 1.17 bits per heavy atom. The van der Waals surface area contributed by atoms with E-state index in [-0.39, 0.29) is 11.7 Å². The van der Waals surface area contributed by atoms with Crippen molar-refractivity contribution in [1.82, 2.24) is 14.8 Å². The molecule has 9 nitrogen and oxygen atoms in total. The molecule has 4 rings (SSSR count). The first-order chi connectivity index (χ1) is 17.1. The van der Waals surface area contributed by atoms with Crippen molar-refractivity contribution in [1.29, 1.82) is 0 Å². The molecule has 0 radical (unpaired) electrons. The number of nitrogens with zero attached hydrogens (tertiary/aromatic N) is 4. The Bertz CT molecular complexity index is 1090. The molecule has 10 heteroatoms. The van der Waals surface area contributed by atoms with E-state index in [1.807, 2.05) is 42.7 Å². The molecule has 35 heavy (non-hydrogen) atoms. The van der Waals surface area contributed by atoms with Gasteiger partial charge < -0.3 is 24.1 Å². The Hall–Kier alpha value is -3.14. The number of benzene rings is 1. The number of hydrogen-bond donors (Lipinski definition) is 1. The van der Waals surface area contributed by atoms with Crippen LogP contribution in [0.1, 0.15) is 39.4 Å². The van der Waals surface area contributed by atoms with Crippen LogP contribution in [0.4, 0.5) is 11.6 Å². The largest absolute Gasteiger partial charge is 0.494 e. The van der Waals surface area contributed by atoms with E-state index in [2.05, 4.69) is 27.3 Å². The van der Waals surface area contributed by atoms with E-state index in [1.165, 1.54) is 11.8 Å². The second-order valence-corrected chi connectivity index (χ2v) is 9.42. The lowest BCUT2D eigenvalue weighted by Crippen LogP contribution is -2.35. The number of carbonyl (C=O) groups excluding carboxylic acids is 1. The third-order valence-corrected chi connectivity index (χ3v) is 6.79. The quantitative estimate of drug-likeness (QED) is 0.380. The summed E-state index contributed by atoms with van der Waals surface area (Å²) in [5.41, 5.74) is 0.587. The SMILES string of the molecule is CCOc1ccc(OCC)c(NC(=O)CSc2nnc(N3CCC(C)CC3)n2Cc2ccco2)c1. The highest BCUT2D eigenvalue weighted by atomic mass is 32.2. The summed E-state index contributed by atoms with van der Waals surface area (Å²) in [6.07, 6.45) is 3.91. The minimum atomic E-state index is -0.162. The Balaban J connectivity index is 1.47. The number of thioether (sulfide) groups is 1. The zero-order valence-corrected chi connectivity index (χ0v) is 21.3. The van der Waals surface area contributed by atoms with Gasteiger partial charge in [-0.2, -0.15) is 0 Å². The Morgan fingerprint density at radius 2 is 1.97 bits per heavy atom. The van der Waals surface area contributed by atoms with Gasteiger partial charge in [-0.25, -0.2) is 0 Å².